The second-order valence-electron chi connectivity index (χ2n) is 6.73. The Morgan fingerprint density at radius 1 is 1.22 bits per heavy atom. The fraction of sp³-hybridized carbons (Fsp3) is 0.611. The Kier molecular flexibility index (Phi) is 4.00. The lowest BCUT2D eigenvalue weighted by Crippen LogP contribution is -2.50. The SMILES string of the molecule is C=CC1(C2=CCC3(CC2)C(=O)CCCC3=O)C(=O)OCCC1O. The number of rotatable bonds is 2. The largest absolute Gasteiger partial charge is 0.465 e. The summed E-state index contributed by atoms with van der Waals surface area (Å²) in [7, 11) is 0. The number of esters is 1. The van der Waals surface area contributed by atoms with Crippen molar-refractivity contribution in [1.29, 1.82) is 0 Å². The summed E-state index contributed by atoms with van der Waals surface area (Å²) in [5.41, 5.74) is -1.42. The summed E-state index contributed by atoms with van der Waals surface area (Å²) in [6.07, 6.45) is 5.42. The molecule has 2 fully saturated rings. The molecule has 3 aliphatic rings. The van der Waals surface area contributed by atoms with Crippen LogP contribution in [-0.2, 0) is 19.1 Å². The van der Waals surface area contributed by atoms with Crippen LogP contribution in [0.4, 0.5) is 0 Å². The first kappa shape index (κ1) is 16.1. The molecular formula is C18H22O5. The van der Waals surface area contributed by atoms with Gasteiger partial charge in [-0.05, 0) is 25.7 Å². The van der Waals surface area contributed by atoms with Gasteiger partial charge in [-0.3, -0.25) is 14.4 Å². The third-order valence-electron chi connectivity index (χ3n) is 5.73. The van der Waals surface area contributed by atoms with Crippen molar-refractivity contribution in [2.45, 2.75) is 51.0 Å². The van der Waals surface area contributed by atoms with Crippen molar-refractivity contribution in [3.05, 3.63) is 24.3 Å². The normalized spacial score (nSPS) is 34.0. The van der Waals surface area contributed by atoms with Gasteiger partial charge in [0.05, 0.1) is 18.1 Å². The number of hydrogen-bond donors (Lipinski definition) is 1. The molecule has 0 radical (unpaired) electrons. The highest BCUT2D eigenvalue weighted by molar-refractivity contribution is 6.09. The molecule has 0 aromatic heterocycles. The van der Waals surface area contributed by atoms with Gasteiger partial charge in [-0.15, -0.1) is 6.58 Å². The van der Waals surface area contributed by atoms with Gasteiger partial charge in [-0.25, -0.2) is 0 Å². The minimum atomic E-state index is -1.24. The van der Waals surface area contributed by atoms with Crippen molar-refractivity contribution in [2.24, 2.45) is 10.8 Å². The summed E-state index contributed by atoms with van der Waals surface area (Å²) in [6, 6.07) is 0. The smallest absolute Gasteiger partial charge is 0.322 e. The van der Waals surface area contributed by atoms with Crippen LogP contribution in [0, 0.1) is 10.8 Å². The third-order valence-corrected chi connectivity index (χ3v) is 5.73. The molecule has 1 saturated heterocycles. The second-order valence-corrected chi connectivity index (χ2v) is 6.73. The monoisotopic (exact) mass is 318 g/mol. The van der Waals surface area contributed by atoms with E-state index in [2.05, 4.69) is 6.58 Å². The molecule has 23 heavy (non-hydrogen) atoms. The van der Waals surface area contributed by atoms with Crippen molar-refractivity contribution in [1.82, 2.24) is 0 Å². The van der Waals surface area contributed by atoms with E-state index in [4.69, 9.17) is 4.74 Å². The minimum Gasteiger partial charge on any atom is -0.465 e. The number of allylic oxidation sites excluding steroid dienone is 1. The van der Waals surface area contributed by atoms with Crippen LogP contribution in [0.3, 0.4) is 0 Å². The number of carbonyl (C=O) groups is 3. The van der Waals surface area contributed by atoms with Crippen LogP contribution in [-0.4, -0.2) is 35.4 Å². The summed E-state index contributed by atoms with van der Waals surface area (Å²) in [5, 5.41) is 10.4. The van der Waals surface area contributed by atoms with E-state index in [1.54, 1.807) is 6.08 Å². The van der Waals surface area contributed by atoms with Crippen LogP contribution in [0.25, 0.3) is 0 Å². The number of ketones is 2. The molecule has 0 aromatic rings. The molecule has 1 N–H and O–H groups in total. The number of carbonyl (C=O) groups excluding carboxylic acids is 3. The average molecular weight is 318 g/mol. The van der Waals surface area contributed by atoms with Gasteiger partial charge >= 0.3 is 5.97 Å². The summed E-state index contributed by atoms with van der Waals surface area (Å²) in [5.74, 6) is -0.457. The molecular weight excluding hydrogens is 296 g/mol. The minimum absolute atomic E-state index is 0.0171. The van der Waals surface area contributed by atoms with E-state index in [9.17, 15) is 19.5 Å². The Labute approximate surface area is 135 Å². The maximum absolute atomic E-state index is 12.3. The van der Waals surface area contributed by atoms with Crippen molar-refractivity contribution >= 4 is 17.5 Å². The summed E-state index contributed by atoms with van der Waals surface area (Å²) in [4.78, 5) is 37.0. The lowest BCUT2D eigenvalue weighted by atomic mass is 9.60. The molecule has 1 spiro atoms. The highest BCUT2D eigenvalue weighted by atomic mass is 16.5. The first-order valence-electron chi connectivity index (χ1n) is 8.22. The molecule has 5 heteroatoms. The van der Waals surface area contributed by atoms with Gasteiger partial charge in [0.2, 0.25) is 0 Å². The molecule has 5 nitrogen and oxygen atoms in total. The van der Waals surface area contributed by atoms with Crippen LogP contribution in [0.1, 0.15) is 44.9 Å². The molecule has 0 aromatic carbocycles. The van der Waals surface area contributed by atoms with Crippen molar-refractivity contribution in [3.63, 3.8) is 0 Å². The van der Waals surface area contributed by atoms with Gasteiger partial charge in [-0.1, -0.05) is 17.7 Å². The van der Waals surface area contributed by atoms with Gasteiger partial charge in [-0.2, -0.15) is 0 Å². The number of Topliss-reactive ketones (excluding diaryl/α,β-unsaturated/α-hetero) is 2. The maximum atomic E-state index is 12.3. The van der Waals surface area contributed by atoms with Crippen molar-refractivity contribution < 1.29 is 24.2 Å². The van der Waals surface area contributed by atoms with E-state index in [-0.39, 0.29) is 18.2 Å². The third kappa shape index (κ3) is 2.21. The number of aliphatic hydroxyl groups excluding tert-OH is 1. The summed E-state index contributed by atoms with van der Waals surface area (Å²) >= 11 is 0. The number of cyclic esters (lactones) is 1. The zero-order valence-corrected chi connectivity index (χ0v) is 13.2. The lowest BCUT2D eigenvalue weighted by molar-refractivity contribution is -0.165. The van der Waals surface area contributed by atoms with Gasteiger partial charge in [0.15, 0.2) is 0 Å². The number of ether oxygens (including phenoxy) is 1. The Morgan fingerprint density at radius 3 is 2.43 bits per heavy atom. The molecule has 3 rings (SSSR count). The highest BCUT2D eigenvalue weighted by Crippen LogP contribution is 2.49. The topological polar surface area (TPSA) is 80.7 Å². The van der Waals surface area contributed by atoms with Crippen molar-refractivity contribution in [2.75, 3.05) is 6.61 Å². The number of aliphatic hydroxyl groups is 1. The molecule has 124 valence electrons. The first-order valence-corrected chi connectivity index (χ1v) is 8.22. The van der Waals surface area contributed by atoms with Crippen LogP contribution < -0.4 is 0 Å². The molecule has 0 bridgehead atoms. The molecule has 2 unspecified atom stereocenters. The fourth-order valence-electron chi connectivity index (χ4n) is 4.22. The van der Waals surface area contributed by atoms with Gasteiger partial charge in [0.1, 0.15) is 17.0 Å². The molecule has 2 aliphatic carbocycles. The highest BCUT2D eigenvalue weighted by Gasteiger charge is 2.53. The van der Waals surface area contributed by atoms with Crippen LogP contribution in [0.2, 0.25) is 0 Å². The maximum Gasteiger partial charge on any atom is 0.322 e. The van der Waals surface area contributed by atoms with Gasteiger partial charge in [0, 0.05) is 19.3 Å². The van der Waals surface area contributed by atoms with Crippen molar-refractivity contribution in [3.8, 4) is 0 Å². The molecule has 1 saturated carbocycles. The Hall–Kier alpha value is -1.75. The van der Waals surface area contributed by atoms with Crippen LogP contribution >= 0.6 is 0 Å². The van der Waals surface area contributed by atoms with E-state index < -0.39 is 22.9 Å². The Bertz CT molecular complexity index is 587. The predicted octanol–water partition coefficient (Wildman–Crippen LogP) is 1.89. The fourth-order valence-corrected chi connectivity index (χ4v) is 4.22. The van der Waals surface area contributed by atoms with E-state index in [0.29, 0.717) is 44.9 Å². The molecule has 2 atom stereocenters. The molecule has 0 amide bonds. The first-order chi connectivity index (χ1) is 11.0. The summed E-state index contributed by atoms with van der Waals surface area (Å²) in [6.45, 7) is 3.93. The molecule has 1 heterocycles. The average Bonchev–Trinajstić information content (AvgIpc) is 2.55. The van der Waals surface area contributed by atoms with E-state index in [1.807, 2.05) is 0 Å². The van der Waals surface area contributed by atoms with Crippen LogP contribution in [0.5, 0.6) is 0 Å². The zero-order chi connectivity index (χ0) is 16.7. The van der Waals surface area contributed by atoms with Crippen LogP contribution in [0.15, 0.2) is 24.3 Å². The number of hydrogen-bond acceptors (Lipinski definition) is 5. The Balaban J connectivity index is 1.94. The van der Waals surface area contributed by atoms with E-state index in [1.165, 1.54) is 6.08 Å². The Morgan fingerprint density at radius 2 is 1.91 bits per heavy atom. The standard InChI is InChI=1S/C18H22O5/c1-2-18(15(21)8-11-23-16(18)22)12-6-9-17(10-7-12)13(19)4-3-5-14(17)20/h2,6,15,21H,1,3-5,7-11H2. The quantitative estimate of drug-likeness (QED) is 0.478. The predicted molar refractivity (Wildman–Crippen MR) is 82.4 cm³/mol. The second kappa shape index (κ2) is 5.71. The molecule has 1 aliphatic heterocycles. The summed E-state index contributed by atoms with van der Waals surface area (Å²) < 4.78 is 5.14. The van der Waals surface area contributed by atoms with E-state index >= 15 is 0 Å². The van der Waals surface area contributed by atoms with Gasteiger partial charge < -0.3 is 9.84 Å². The lowest BCUT2D eigenvalue weighted by Gasteiger charge is -2.43. The zero-order valence-electron chi connectivity index (χ0n) is 13.2. The van der Waals surface area contributed by atoms with E-state index in [0.717, 1.165) is 5.57 Å². The van der Waals surface area contributed by atoms with Gasteiger partial charge in [0.25, 0.3) is 0 Å².